The lowest BCUT2D eigenvalue weighted by Crippen LogP contribution is -2.23. The molecule has 0 radical (unpaired) electrons. The number of hydrogen-bond acceptors (Lipinski definition) is 7. The van der Waals surface area contributed by atoms with E-state index in [0.717, 1.165) is 5.56 Å². The molecule has 0 fully saturated rings. The van der Waals surface area contributed by atoms with E-state index in [1.54, 1.807) is 36.4 Å². The van der Waals surface area contributed by atoms with Crippen molar-refractivity contribution in [3.05, 3.63) is 94.0 Å². The minimum atomic E-state index is -0.850. The molecule has 0 aliphatic rings. The Morgan fingerprint density at radius 3 is 2.41 bits per heavy atom. The van der Waals surface area contributed by atoms with Crippen LogP contribution in [0.2, 0.25) is 0 Å². The first kappa shape index (κ1) is 24.8. The van der Waals surface area contributed by atoms with Crippen molar-refractivity contribution in [2.24, 2.45) is 16.7 Å². The maximum absolute atomic E-state index is 11.8. The third-order valence-corrected chi connectivity index (χ3v) is 5.51. The van der Waals surface area contributed by atoms with E-state index in [0.29, 0.717) is 28.0 Å². The lowest BCUT2D eigenvalue weighted by Gasteiger charge is -2.18. The summed E-state index contributed by atoms with van der Waals surface area (Å²) in [5.41, 5.74) is 11.8. The molecule has 0 aliphatic carbocycles. The second-order valence-electron chi connectivity index (χ2n) is 8.27. The number of hydrazine groups is 1. The van der Waals surface area contributed by atoms with Crippen LogP contribution in [-0.2, 0) is 6.61 Å². The lowest BCUT2D eigenvalue weighted by atomic mass is 9.96. The van der Waals surface area contributed by atoms with Crippen molar-refractivity contribution in [3.63, 3.8) is 0 Å². The van der Waals surface area contributed by atoms with Crippen molar-refractivity contribution < 1.29 is 19.7 Å². The van der Waals surface area contributed by atoms with Crippen LogP contribution in [0.4, 0.5) is 0 Å². The maximum Gasteiger partial charge on any atom is 0.163 e. The molecule has 0 heterocycles. The molecule has 0 aliphatic heterocycles. The Morgan fingerprint density at radius 1 is 1.09 bits per heavy atom. The Hall–Kier alpha value is -3.88. The van der Waals surface area contributed by atoms with Crippen LogP contribution in [0.15, 0.2) is 65.8 Å². The number of ketones is 1. The maximum atomic E-state index is 11.8. The normalized spacial score (nSPS) is 12.5. The number of phenolic OH excluding ortho intramolecular Hbond substituents is 1. The van der Waals surface area contributed by atoms with E-state index in [1.807, 2.05) is 38.1 Å². The van der Waals surface area contributed by atoms with Gasteiger partial charge in [0, 0.05) is 11.1 Å². The van der Waals surface area contributed by atoms with Crippen LogP contribution in [0.25, 0.3) is 0 Å². The van der Waals surface area contributed by atoms with Gasteiger partial charge in [0.1, 0.15) is 24.2 Å². The SMILES string of the molecule is CC(=O)c1ccc(OCc2ccc(C(O)c3cccc(/C(N)=N/NN)c3)cc2)c(C(C)C)c1O. The Labute approximate surface area is 198 Å². The Kier molecular flexibility index (Phi) is 7.88. The smallest absolute Gasteiger partial charge is 0.163 e. The van der Waals surface area contributed by atoms with Gasteiger partial charge in [-0.05, 0) is 47.7 Å². The number of aliphatic hydroxyl groups excluding tert-OH is 1. The van der Waals surface area contributed by atoms with E-state index in [2.05, 4.69) is 10.6 Å². The number of nitrogens with two attached hydrogens (primary N) is 2. The summed E-state index contributed by atoms with van der Waals surface area (Å²) in [7, 11) is 0. The topological polar surface area (TPSA) is 143 Å². The van der Waals surface area contributed by atoms with Crippen LogP contribution in [-0.4, -0.2) is 21.8 Å². The van der Waals surface area contributed by atoms with Crippen molar-refractivity contribution >= 4 is 11.6 Å². The van der Waals surface area contributed by atoms with Crippen LogP contribution < -0.4 is 21.8 Å². The number of carbonyl (C=O) groups is 1. The highest BCUT2D eigenvalue weighted by molar-refractivity contribution is 5.98. The summed E-state index contributed by atoms with van der Waals surface area (Å²) in [5.74, 6) is 5.67. The first-order valence-electron chi connectivity index (χ1n) is 10.9. The van der Waals surface area contributed by atoms with Crippen molar-refractivity contribution in [1.82, 2.24) is 5.53 Å². The van der Waals surface area contributed by atoms with E-state index in [4.69, 9.17) is 16.3 Å². The van der Waals surface area contributed by atoms with Crippen molar-refractivity contribution in [2.45, 2.75) is 39.4 Å². The molecule has 178 valence electrons. The molecule has 7 N–H and O–H groups in total. The summed E-state index contributed by atoms with van der Waals surface area (Å²) < 4.78 is 5.97. The highest BCUT2D eigenvalue weighted by Gasteiger charge is 2.19. The van der Waals surface area contributed by atoms with Gasteiger partial charge in [-0.1, -0.05) is 56.3 Å². The molecule has 8 nitrogen and oxygen atoms in total. The Bertz CT molecular complexity index is 1190. The van der Waals surface area contributed by atoms with Gasteiger partial charge in [-0.15, -0.1) is 5.10 Å². The molecule has 34 heavy (non-hydrogen) atoms. The molecule has 0 amide bonds. The molecular weight excluding hydrogens is 432 g/mol. The number of rotatable bonds is 9. The minimum Gasteiger partial charge on any atom is -0.507 e. The largest absolute Gasteiger partial charge is 0.507 e. The highest BCUT2D eigenvalue weighted by Crippen LogP contribution is 2.37. The predicted octanol–water partition coefficient (Wildman–Crippen LogP) is 3.46. The zero-order valence-electron chi connectivity index (χ0n) is 19.4. The van der Waals surface area contributed by atoms with Gasteiger partial charge in [-0.25, -0.2) is 11.4 Å². The number of ether oxygens (including phenoxy) is 1. The van der Waals surface area contributed by atoms with Gasteiger partial charge in [-0.2, -0.15) is 0 Å². The standard InChI is InChI=1S/C26H30N4O4/c1-15(2)23-22(12-11-21(16(3)31)25(23)33)34-14-17-7-9-18(10-8-17)24(32)19-5-4-6-20(13-19)26(27)29-30-28/h4-13,15,24,30,32-33H,14,28H2,1-3H3,(H2,27,29). The fourth-order valence-corrected chi connectivity index (χ4v) is 3.71. The van der Waals surface area contributed by atoms with Crippen LogP contribution in [0.5, 0.6) is 11.5 Å². The number of amidine groups is 1. The third-order valence-electron chi connectivity index (χ3n) is 5.51. The zero-order valence-corrected chi connectivity index (χ0v) is 19.4. The fourth-order valence-electron chi connectivity index (χ4n) is 3.71. The van der Waals surface area contributed by atoms with Crippen LogP contribution in [0.3, 0.4) is 0 Å². The van der Waals surface area contributed by atoms with Crippen molar-refractivity contribution in [2.75, 3.05) is 0 Å². The van der Waals surface area contributed by atoms with Gasteiger partial charge < -0.3 is 20.7 Å². The summed E-state index contributed by atoms with van der Waals surface area (Å²) in [6.45, 7) is 5.56. The summed E-state index contributed by atoms with van der Waals surface area (Å²) >= 11 is 0. The summed E-state index contributed by atoms with van der Waals surface area (Å²) in [5, 5.41) is 25.1. The number of aromatic hydroxyl groups is 1. The van der Waals surface area contributed by atoms with Gasteiger partial charge >= 0.3 is 0 Å². The first-order chi connectivity index (χ1) is 16.2. The molecule has 0 aromatic heterocycles. The van der Waals surface area contributed by atoms with E-state index in [1.165, 1.54) is 6.92 Å². The number of aliphatic hydroxyl groups is 1. The summed E-state index contributed by atoms with van der Waals surface area (Å²) in [4.78, 5) is 11.8. The van der Waals surface area contributed by atoms with Gasteiger partial charge in [0.2, 0.25) is 0 Å². The van der Waals surface area contributed by atoms with Gasteiger partial charge in [0.25, 0.3) is 0 Å². The number of nitrogens with zero attached hydrogens (tertiary/aromatic N) is 1. The summed E-state index contributed by atoms with van der Waals surface area (Å²) in [6.07, 6.45) is -0.850. The Morgan fingerprint density at radius 2 is 1.79 bits per heavy atom. The van der Waals surface area contributed by atoms with Gasteiger partial charge in [-0.3, -0.25) is 4.79 Å². The molecule has 8 heteroatoms. The monoisotopic (exact) mass is 462 g/mol. The first-order valence-corrected chi connectivity index (χ1v) is 10.9. The van der Waals surface area contributed by atoms with E-state index < -0.39 is 6.10 Å². The average Bonchev–Trinajstić information content (AvgIpc) is 2.82. The number of benzene rings is 3. The van der Waals surface area contributed by atoms with Gasteiger partial charge in [0.15, 0.2) is 11.6 Å². The highest BCUT2D eigenvalue weighted by atomic mass is 16.5. The van der Waals surface area contributed by atoms with Gasteiger partial charge in [0.05, 0.1) is 5.56 Å². The third kappa shape index (κ3) is 5.54. The molecule has 3 aromatic carbocycles. The second kappa shape index (κ2) is 10.8. The molecule has 0 saturated heterocycles. The number of hydrogen-bond donors (Lipinski definition) is 5. The molecule has 1 atom stereocenters. The molecule has 0 spiro atoms. The van der Waals surface area contributed by atoms with E-state index in [-0.39, 0.29) is 35.5 Å². The molecule has 1 unspecified atom stereocenters. The summed E-state index contributed by atoms with van der Waals surface area (Å²) in [6, 6.07) is 17.8. The predicted molar refractivity (Wildman–Crippen MR) is 132 cm³/mol. The average molecular weight is 463 g/mol. The Balaban J connectivity index is 1.75. The van der Waals surface area contributed by atoms with E-state index in [9.17, 15) is 15.0 Å². The van der Waals surface area contributed by atoms with E-state index >= 15 is 0 Å². The molecule has 3 rings (SSSR count). The lowest BCUT2D eigenvalue weighted by molar-refractivity contribution is 0.101. The number of nitrogens with one attached hydrogen (secondary N) is 1. The number of carbonyl (C=O) groups excluding carboxylic acids is 1. The molecule has 0 saturated carbocycles. The van der Waals surface area contributed by atoms with Crippen molar-refractivity contribution in [3.8, 4) is 11.5 Å². The molecular formula is C26H30N4O4. The number of phenols is 1. The minimum absolute atomic E-state index is 0.0256. The zero-order chi connectivity index (χ0) is 24.8. The molecule has 0 bridgehead atoms. The number of Topliss-reactive ketones (excluding diaryl/α,β-unsaturated/α-hetero) is 1. The number of hydrazone groups is 1. The van der Waals surface area contributed by atoms with Crippen molar-refractivity contribution in [1.29, 1.82) is 0 Å². The quantitative estimate of drug-likeness (QED) is 0.108. The van der Waals surface area contributed by atoms with Crippen LogP contribution in [0.1, 0.15) is 71.0 Å². The molecule has 3 aromatic rings. The second-order valence-corrected chi connectivity index (χ2v) is 8.27. The fraction of sp³-hybridized carbons (Fsp3) is 0.231. The van der Waals surface area contributed by atoms with Crippen LogP contribution in [0, 0.1) is 0 Å². The van der Waals surface area contributed by atoms with Crippen LogP contribution >= 0.6 is 0 Å².